The Kier molecular flexibility index (Phi) is 5.07. The number of hydrogen-bond donors (Lipinski definition) is 1. The molecular formula is C14H26N2O3S. The maximum atomic E-state index is 12.2. The summed E-state index contributed by atoms with van der Waals surface area (Å²) in [5.41, 5.74) is 0. The monoisotopic (exact) mass is 302 g/mol. The van der Waals surface area contributed by atoms with Gasteiger partial charge in [-0.1, -0.05) is 19.3 Å². The van der Waals surface area contributed by atoms with Crippen LogP contribution in [0.25, 0.3) is 0 Å². The van der Waals surface area contributed by atoms with Gasteiger partial charge in [-0.25, -0.2) is 13.1 Å². The molecule has 1 saturated carbocycles. The third-order valence-corrected chi connectivity index (χ3v) is 5.92. The van der Waals surface area contributed by atoms with E-state index in [1.165, 1.54) is 6.42 Å². The predicted octanol–water partition coefficient (Wildman–Crippen LogP) is 1.50. The largest absolute Gasteiger partial charge is 0.339 e. The SMILES string of the molecule is CC(C)N1CCC(NS(=O)(=O)CC2CCCCC2)C1=O. The molecule has 2 fully saturated rings. The molecule has 0 aromatic carbocycles. The van der Waals surface area contributed by atoms with Crippen LogP contribution in [0.15, 0.2) is 0 Å². The zero-order chi connectivity index (χ0) is 14.8. The quantitative estimate of drug-likeness (QED) is 0.837. The number of nitrogens with one attached hydrogen (secondary N) is 1. The van der Waals surface area contributed by atoms with Crippen LogP contribution in [0, 0.1) is 5.92 Å². The van der Waals surface area contributed by atoms with E-state index in [0.717, 1.165) is 25.7 Å². The molecule has 0 aromatic heterocycles. The molecule has 1 heterocycles. The third kappa shape index (κ3) is 3.95. The summed E-state index contributed by atoms with van der Waals surface area (Å²) < 4.78 is 27.0. The number of sulfonamides is 1. The van der Waals surface area contributed by atoms with Crippen LogP contribution in [-0.4, -0.2) is 43.6 Å². The molecule has 2 aliphatic rings. The summed E-state index contributed by atoms with van der Waals surface area (Å²) in [7, 11) is -3.34. The van der Waals surface area contributed by atoms with Crippen molar-refractivity contribution >= 4 is 15.9 Å². The number of amides is 1. The summed E-state index contributed by atoms with van der Waals surface area (Å²) >= 11 is 0. The van der Waals surface area contributed by atoms with Gasteiger partial charge in [-0.05, 0) is 39.0 Å². The van der Waals surface area contributed by atoms with Gasteiger partial charge in [0.25, 0.3) is 0 Å². The van der Waals surface area contributed by atoms with Gasteiger partial charge in [0, 0.05) is 12.6 Å². The van der Waals surface area contributed by atoms with Crippen molar-refractivity contribution in [2.75, 3.05) is 12.3 Å². The minimum Gasteiger partial charge on any atom is -0.339 e. The van der Waals surface area contributed by atoms with Gasteiger partial charge in [0.15, 0.2) is 0 Å². The lowest BCUT2D eigenvalue weighted by Gasteiger charge is -2.23. The van der Waals surface area contributed by atoms with Gasteiger partial charge in [0.1, 0.15) is 6.04 Å². The van der Waals surface area contributed by atoms with Crippen molar-refractivity contribution in [1.82, 2.24) is 9.62 Å². The normalized spacial score (nSPS) is 25.6. The van der Waals surface area contributed by atoms with Gasteiger partial charge in [0.2, 0.25) is 15.9 Å². The molecule has 1 unspecified atom stereocenters. The second-order valence-corrected chi connectivity index (χ2v) is 8.17. The summed E-state index contributed by atoms with van der Waals surface area (Å²) in [6.45, 7) is 4.56. The molecule has 1 aliphatic heterocycles. The van der Waals surface area contributed by atoms with Gasteiger partial charge in [-0.2, -0.15) is 0 Å². The predicted molar refractivity (Wildman–Crippen MR) is 78.8 cm³/mol. The Morgan fingerprint density at radius 3 is 2.40 bits per heavy atom. The van der Waals surface area contributed by atoms with E-state index in [1.807, 2.05) is 13.8 Å². The number of likely N-dealkylation sites (tertiary alicyclic amines) is 1. The maximum Gasteiger partial charge on any atom is 0.241 e. The van der Waals surface area contributed by atoms with E-state index in [-0.39, 0.29) is 23.6 Å². The Balaban J connectivity index is 1.90. The average molecular weight is 302 g/mol. The lowest BCUT2D eigenvalue weighted by molar-refractivity contribution is -0.130. The smallest absolute Gasteiger partial charge is 0.241 e. The number of carbonyl (C=O) groups excluding carboxylic acids is 1. The lowest BCUT2D eigenvalue weighted by atomic mass is 9.91. The van der Waals surface area contributed by atoms with Crippen LogP contribution >= 0.6 is 0 Å². The van der Waals surface area contributed by atoms with Crippen LogP contribution in [0.4, 0.5) is 0 Å². The maximum absolute atomic E-state index is 12.2. The van der Waals surface area contributed by atoms with E-state index >= 15 is 0 Å². The average Bonchev–Trinajstić information content (AvgIpc) is 2.71. The van der Waals surface area contributed by atoms with Crippen molar-refractivity contribution in [3.05, 3.63) is 0 Å². The number of nitrogens with zero attached hydrogens (tertiary/aromatic N) is 1. The highest BCUT2D eigenvalue weighted by molar-refractivity contribution is 7.89. The van der Waals surface area contributed by atoms with Gasteiger partial charge in [0.05, 0.1) is 5.75 Å². The Labute approximate surface area is 122 Å². The van der Waals surface area contributed by atoms with Gasteiger partial charge in [-0.3, -0.25) is 4.79 Å². The fourth-order valence-electron chi connectivity index (χ4n) is 3.25. The lowest BCUT2D eigenvalue weighted by Crippen LogP contribution is -2.44. The first-order valence-corrected chi connectivity index (χ1v) is 9.35. The summed E-state index contributed by atoms with van der Waals surface area (Å²) in [4.78, 5) is 13.9. The molecule has 6 heteroatoms. The summed E-state index contributed by atoms with van der Waals surface area (Å²) in [5.74, 6) is 0.365. The van der Waals surface area contributed by atoms with Crippen molar-refractivity contribution in [1.29, 1.82) is 0 Å². The van der Waals surface area contributed by atoms with Crippen LogP contribution in [0.5, 0.6) is 0 Å². The highest BCUT2D eigenvalue weighted by Gasteiger charge is 2.36. The first-order valence-electron chi connectivity index (χ1n) is 7.69. The second-order valence-electron chi connectivity index (χ2n) is 6.37. The molecule has 20 heavy (non-hydrogen) atoms. The molecule has 116 valence electrons. The molecular weight excluding hydrogens is 276 g/mol. The number of carbonyl (C=O) groups is 1. The Hall–Kier alpha value is -0.620. The topological polar surface area (TPSA) is 66.5 Å². The second kappa shape index (κ2) is 6.43. The Morgan fingerprint density at radius 1 is 1.20 bits per heavy atom. The van der Waals surface area contributed by atoms with Crippen LogP contribution in [0.3, 0.4) is 0 Å². The molecule has 2 rings (SSSR count). The van der Waals surface area contributed by atoms with Crippen LogP contribution in [-0.2, 0) is 14.8 Å². The Morgan fingerprint density at radius 2 is 1.85 bits per heavy atom. The standard InChI is InChI=1S/C14H26N2O3S/c1-11(2)16-9-8-13(14(16)17)15-20(18,19)10-12-6-4-3-5-7-12/h11-13,15H,3-10H2,1-2H3. The fourth-order valence-corrected chi connectivity index (χ4v) is 4.96. The van der Waals surface area contributed by atoms with Crippen molar-refractivity contribution in [3.63, 3.8) is 0 Å². The molecule has 0 bridgehead atoms. The zero-order valence-corrected chi connectivity index (χ0v) is 13.3. The molecule has 1 amide bonds. The highest BCUT2D eigenvalue weighted by Crippen LogP contribution is 2.25. The van der Waals surface area contributed by atoms with E-state index in [9.17, 15) is 13.2 Å². The minimum atomic E-state index is -3.34. The first-order chi connectivity index (χ1) is 9.39. The molecule has 0 aromatic rings. The van der Waals surface area contributed by atoms with E-state index < -0.39 is 16.1 Å². The van der Waals surface area contributed by atoms with Crippen LogP contribution in [0.2, 0.25) is 0 Å². The third-order valence-electron chi connectivity index (χ3n) is 4.36. The molecule has 1 atom stereocenters. The van der Waals surface area contributed by atoms with Crippen molar-refractivity contribution in [2.45, 2.75) is 64.5 Å². The van der Waals surface area contributed by atoms with Crippen molar-refractivity contribution < 1.29 is 13.2 Å². The minimum absolute atomic E-state index is 0.0766. The Bertz CT molecular complexity index is 441. The summed E-state index contributed by atoms with van der Waals surface area (Å²) in [5, 5.41) is 0. The first kappa shape index (κ1) is 15.8. The summed E-state index contributed by atoms with van der Waals surface area (Å²) in [6.07, 6.45) is 6.05. The van der Waals surface area contributed by atoms with Gasteiger partial charge in [-0.15, -0.1) is 0 Å². The number of rotatable bonds is 5. The van der Waals surface area contributed by atoms with E-state index in [1.54, 1.807) is 4.90 Å². The molecule has 0 spiro atoms. The van der Waals surface area contributed by atoms with Crippen molar-refractivity contribution in [2.24, 2.45) is 5.92 Å². The van der Waals surface area contributed by atoms with E-state index in [2.05, 4.69) is 4.72 Å². The van der Waals surface area contributed by atoms with E-state index in [0.29, 0.717) is 13.0 Å². The van der Waals surface area contributed by atoms with Gasteiger partial charge >= 0.3 is 0 Å². The molecule has 1 N–H and O–H groups in total. The highest BCUT2D eigenvalue weighted by atomic mass is 32.2. The van der Waals surface area contributed by atoms with Crippen LogP contribution < -0.4 is 4.72 Å². The fraction of sp³-hybridized carbons (Fsp3) is 0.929. The molecule has 0 radical (unpaired) electrons. The molecule has 1 saturated heterocycles. The molecule has 1 aliphatic carbocycles. The molecule has 5 nitrogen and oxygen atoms in total. The van der Waals surface area contributed by atoms with Crippen LogP contribution in [0.1, 0.15) is 52.4 Å². The summed E-state index contributed by atoms with van der Waals surface area (Å²) in [6, 6.07) is -0.415. The van der Waals surface area contributed by atoms with Crippen molar-refractivity contribution in [3.8, 4) is 0 Å². The van der Waals surface area contributed by atoms with Gasteiger partial charge < -0.3 is 4.90 Å². The zero-order valence-electron chi connectivity index (χ0n) is 12.5. The number of hydrogen-bond acceptors (Lipinski definition) is 3. The van der Waals surface area contributed by atoms with E-state index in [4.69, 9.17) is 0 Å².